The van der Waals surface area contributed by atoms with E-state index in [1.54, 1.807) is 36.4 Å². The molecule has 0 radical (unpaired) electrons. The lowest BCUT2D eigenvalue weighted by Crippen LogP contribution is -2.18. The molecule has 0 aromatic heterocycles. The van der Waals surface area contributed by atoms with Crippen LogP contribution < -0.4 is 10.2 Å². The van der Waals surface area contributed by atoms with Crippen LogP contribution in [-0.4, -0.2) is 23.2 Å². The average molecular weight is 495 g/mol. The Morgan fingerprint density at radius 3 is 2.25 bits per heavy atom. The lowest BCUT2D eigenvalue weighted by Gasteiger charge is -2.11. The molecule has 0 unspecified atom stereocenters. The molecule has 7 heteroatoms. The second-order valence-corrected chi connectivity index (χ2v) is 8.39. The Kier molecular flexibility index (Phi) is 6.34. The molecule has 0 saturated carbocycles. The third kappa shape index (κ3) is 4.62. The zero-order valence-corrected chi connectivity index (χ0v) is 19.6. The minimum atomic E-state index is -0.615. The van der Waals surface area contributed by atoms with Gasteiger partial charge in [-0.3, -0.25) is 4.79 Å². The van der Waals surface area contributed by atoms with E-state index in [1.165, 1.54) is 12.3 Å². The van der Waals surface area contributed by atoms with Gasteiger partial charge in [0, 0.05) is 5.56 Å². The summed E-state index contributed by atoms with van der Waals surface area (Å²) in [6.45, 7) is 0. The molecule has 0 heterocycles. The highest BCUT2D eigenvalue weighted by atomic mass is 35.5. The number of nitrogens with zero attached hydrogens (tertiary/aromatic N) is 1. The number of benzene rings is 5. The van der Waals surface area contributed by atoms with Crippen molar-refractivity contribution in [2.24, 2.45) is 5.10 Å². The van der Waals surface area contributed by atoms with E-state index in [0.29, 0.717) is 5.56 Å². The Hall–Kier alpha value is -4.68. The smallest absolute Gasteiger partial charge is 0.345 e. The van der Waals surface area contributed by atoms with Crippen molar-refractivity contribution in [1.82, 2.24) is 5.43 Å². The van der Waals surface area contributed by atoms with Gasteiger partial charge in [0.25, 0.3) is 5.91 Å². The molecule has 6 nitrogen and oxygen atoms in total. The summed E-state index contributed by atoms with van der Waals surface area (Å²) in [7, 11) is 0. The average Bonchev–Trinajstić information content (AvgIpc) is 2.89. The number of fused-ring (bicyclic) bond motifs is 2. The number of phenols is 1. The number of phenolic OH excluding ortho intramolecular Hbond substituents is 1. The van der Waals surface area contributed by atoms with Gasteiger partial charge < -0.3 is 9.84 Å². The van der Waals surface area contributed by atoms with Gasteiger partial charge in [-0.05, 0) is 51.9 Å². The first-order chi connectivity index (χ1) is 17.5. The Balaban J connectivity index is 1.45. The van der Waals surface area contributed by atoms with E-state index in [9.17, 15) is 14.7 Å². The lowest BCUT2D eigenvalue weighted by molar-refractivity contribution is 0.0734. The topological polar surface area (TPSA) is 88.0 Å². The SMILES string of the molecule is O=C(N/N=C\c1c(OC(=O)c2ccccc2Cl)ccc2ccccc12)c1cc2ccccc2cc1O. The fourth-order valence-electron chi connectivity index (χ4n) is 3.91. The number of ether oxygens (including phenoxy) is 1. The van der Waals surface area contributed by atoms with Crippen LogP contribution >= 0.6 is 11.6 Å². The summed E-state index contributed by atoms with van der Waals surface area (Å²) in [5.74, 6) is -1.09. The quantitative estimate of drug-likeness (QED) is 0.129. The van der Waals surface area contributed by atoms with Crippen LogP contribution in [0.15, 0.2) is 102 Å². The number of nitrogens with one attached hydrogen (secondary N) is 1. The molecule has 0 aliphatic heterocycles. The fourth-order valence-corrected chi connectivity index (χ4v) is 4.12. The van der Waals surface area contributed by atoms with Gasteiger partial charge in [0.2, 0.25) is 0 Å². The van der Waals surface area contributed by atoms with E-state index in [-0.39, 0.29) is 27.6 Å². The molecule has 36 heavy (non-hydrogen) atoms. The first kappa shape index (κ1) is 23.1. The zero-order chi connectivity index (χ0) is 25.1. The summed E-state index contributed by atoms with van der Waals surface area (Å²) in [6, 6.07) is 28.2. The molecular formula is C29H19ClN2O4. The Morgan fingerprint density at radius 2 is 1.47 bits per heavy atom. The fraction of sp³-hybridized carbons (Fsp3) is 0. The van der Waals surface area contributed by atoms with E-state index >= 15 is 0 Å². The number of rotatable bonds is 5. The van der Waals surface area contributed by atoms with Gasteiger partial charge in [-0.2, -0.15) is 5.10 Å². The highest BCUT2D eigenvalue weighted by molar-refractivity contribution is 6.33. The van der Waals surface area contributed by atoms with Crippen LogP contribution in [0.1, 0.15) is 26.3 Å². The van der Waals surface area contributed by atoms with Crippen molar-refractivity contribution in [2.45, 2.75) is 0 Å². The van der Waals surface area contributed by atoms with Gasteiger partial charge >= 0.3 is 5.97 Å². The predicted octanol–water partition coefficient (Wildman–Crippen LogP) is 6.34. The first-order valence-electron chi connectivity index (χ1n) is 11.0. The van der Waals surface area contributed by atoms with E-state index in [4.69, 9.17) is 16.3 Å². The van der Waals surface area contributed by atoms with Crippen molar-refractivity contribution >= 4 is 51.2 Å². The van der Waals surface area contributed by atoms with Crippen LogP contribution in [0.4, 0.5) is 0 Å². The van der Waals surface area contributed by atoms with Crippen molar-refractivity contribution in [3.8, 4) is 11.5 Å². The molecule has 0 fully saturated rings. The summed E-state index contributed by atoms with van der Waals surface area (Å²) >= 11 is 6.15. The number of hydrogen-bond acceptors (Lipinski definition) is 5. The third-order valence-electron chi connectivity index (χ3n) is 5.70. The van der Waals surface area contributed by atoms with Crippen LogP contribution in [0.2, 0.25) is 5.02 Å². The van der Waals surface area contributed by atoms with E-state index < -0.39 is 11.9 Å². The number of aromatic hydroxyl groups is 1. The monoisotopic (exact) mass is 494 g/mol. The molecule has 0 aliphatic carbocycles. The number of halogens is 1. The standard InChI is InChI=1S/C29H19ClN2O4/c30-25-12-6-5-11-22(25)29(35)36-27-14-13-18-7-3-4-10-21(18)24(27)17-31-32-28(34)23-15-19-8-1-2-9-20(19)16-26(23)33/h1-17,33H,(H,32,34)/b31-17-. The van der Waals surface area contributed by atoms with Crippen molar-refractivity contribution in [1.29, 1.82) is 0 Å². The molecular weight excluding hydrogens is 476 g/mol. The molecule has 0 spiro atoms. The van der Waals surface area contributed by atoms with Crippen molar-refractivity contribution in [3.63, 3.8) is 0 Å². The maximum absolute atomic E-state index is 12.8. The van der Waals surface area contributed by atoms with Crippen LogP contribution in [0.5, 0.6) is 11.5 Å². The van der Waals surface area contributed by atoms with Gasteiger partial charge in [-0.15, -0.1) is 0 Å². The molecule has 5 rings (SSSR count). The summed E-state index contributed by atoms with van der Waals surface area (Å²) < 4.78 is 5.66. The number of carbonyl (C=O) groups is 2. The van der Waals surface area contributed by atoms with E-state index in [2.05, 4.69) is 10.5 Å². The summed E-state index contributed by atoms with van der Waals surface area (Å²) in [6.07, 6.45) is 1.41. The maximum Gasteiger partial charge on any atom is 0.345 e. The minimum Gasteiger partial charge on any atom is -0.507 e. The number of amides is 1. The van der Waals surface area contributed by atoms with Gasteiger partial charge in [-0.1, -0.05) is 78.3 Å². The number of carbonyl (C=O) groups excluding carboxylic acids is 2. The number of hydrazone groups is 1. The second kappa shape index (κ2) is 9.90. The highest BCUT2D eigenvalue weighted by Gasteiger charge is 2.16. The van der Waals surface area contributed by atoms with Crippen LogP contribution in [0, 0.1) is 0 Å². The molecule has 176 valence electrons. The maximum atomic E-state index is 12.8. The second-order valence-electron chi connectivity index (χ2n) is 7.98. The minimum absolute atomic E-state index is 0.0918. The van der Waals surface area contributed by atoms with Crippen molar-refractivity contribution < 1.29 is 19.4 Å². The molecule has 0 saturated heterocycles. The number of hydrogen-bond donors (Lipinski definition) is 2. The largest absolute Gasteiger partial charge is 0.507 e. The predicted molar refractivity (Wildman–Crippen MR) is 141 cm³/mol. The van der Waals surface area contributed by atoms with E-state index in [1.807, 2.05) is 54.6 Å². The molecule has 5 aromatic carbocycles. The van der Waals surface area contributed by atoms with Gasteiger partial charge in [-0.25, -0.2) is 10.2 Å². The molecule has 0 bridgehead atoms. The molecule has 2 N–H and O–H groups in total. The summed E-state index contributed by atoms with van der Waals surface area (Å²) in [5.41, 5.74) is 3.27. The highest BCUT2D eigenvalue weighted by Crippen LogP contribution is 2.29. The van der Waals surface area contributed by atoms with Crippen LogP contribution in [-0.2, 0) is 0 Å². The number of esters is 1. The third-order valence-corrected chi connectivity index (χ3v) is 6.03. The molecule has 5 aromatic rings. The Bertz CT molecular complexity index is 1660. The molecule has 1 amide bonds. The first-order valence-corrected chi connectivity index (χ1v) is 11.4. The van der Waals surface area contributed by atoms with E-state index in [0.717, 1.165) is 21.5 Å². The van der Waals surface area contributed by atoms with Gasteiger partial charge in [0.05, 0.1) is 22.4 Å². The van der Waals surface area contributed by atoms with Gasteiger partial charge in [0.1, 0.15) is 11.5 Å². The summed E-state index contributed by atoms with van der Waals surface area (Å²) in [4.78, 5) is 25.5. The Morgan fingerprint density at radius 1 is 0.806 bits per heavy atom. The van der Waals surface area contributed by atoms with Crippen LogP contribution in [0.25, 0.3) is 21.5 Å². The zero-order valence-electron chi connectivity index (χ0n) is 18.8. The molecule has 0 aliphatic rings. The van der Waals surface area contributed by atoms with Crippen molar-refractivity contribution in [2.75, 3.05) is 0 Å². The Labute approximate surface area is 211 Å². The molecule has 0 atom stereocenters. The normalized spacial score (nSPS) is 11.1. The van der Waals surface area contributed by atoms with Crippen LogP contribution in [0.3, 0.4) is 0 Å². The lowest BCUT2D eigenvalue weighted by atomic mass is 10.0. The summed E-state index contributed by atoms with van der Waals surface area (Å²) in [5, 5.41) is 18.0. The van der Waals surface area contributed by atoms with Crippen molar-refractivity contribution in [3.05, 3.63) is 119 Å². The van der Waals surface area contributed by atoms with Gasteiger partial charge in [0.15, 0.2) is 0 Å².